The second-order valence-electron chi connectivity index (χ2n) is 9.06. The number of rotatable bonds is 8. The molecule has 0 bridgehead atoms. The molecule has 0 unspecified atom stereocenters. The number of ether oxygens (including phenoxy) is 1. The van der Waals surface area contributed by atoms with Gasteiger partial charge in [0.15, 0.2) is 5.60 Å². The van der Waals surface area contributed by atoms with Gasteiger partial charge in [0.2, 0.25) is 0 Å². The summed E-state index contributed by atoms with van der Waals surface area (Å²) in [5.74, 6) is 0. The molecule has 8 nitrogen and oxygen atoms in total. The third kappa shape index (κ3) is 4.92. The number of nitrogens with one attached hydrogen (secondary N) is 1. The van der Waals surface area contributed by atoms with Gasteiger partial charge >= 0.3 is 5.69 Å². The predicted molar refractivity (Wildman–Crippen MR) is 137 cm³/mol. The fourth-order valence-corrected chi connectivity index (χ4v) is 4.69. The number of hydrogen-bond donors (Lipinski definition) is 2. The number of aryl methyl sites for hydroxylation is 1. The van der Waals surface area contributed by atoms with Gasteiger partial charge in [-0.15, -0.1) is 0 Å². The van der Waals surface area contributed by atoms with E-state index in [4.69, 9.17) is 14.5 Å². The molecule has 1 aliphatic heterocycles. The van der Waals surface area contributed by atoms with Crippen molar-refractivity contribution in [1.82, 2.24) is 9.55 Å². The fraction of sp³-hybridized carbons (Fsp3) is 0.241. The average molecular weight is 501 g/mol. The molecule has 4 aromatic rings. The Morgan fingerprint density at radius 1 is 0.919 bits per heavy atom. The summed E-state index contributed by atoms with van der Waals surface area (Å²) in [4.78, 5) is 38.4. The van der Waals surface area contributed by atoms with E-state index in [1.54, 1.807) is 6.92 Å². The standard InChI is InChI=1S/C29H28N2O6/c1-20-18-31(28(34)30-27(20)33)26-17-24(32)25(36-26)19-35-37-29(21-11-5-2-6-12-21,22-13-7-3-8-14-22)23-15-9-4-10-16-23/h2-16,18,24-26,32H,17,19H2,1H3,(H,30,33,34)/t24-,25+,26+/m0/s1. The first-order valence-corrected chi connectivity index (χ1v) is 12.1. The third-order valence-electron chi connectivity index (χ3n) is 6.62. The summed E-state index contributed by atoms with van der Waals surface area (Å²) in [5, 5.41) is 10.7. The SMILES string of the molecule is Cc1cn([C@H]2C[C@H](O)[C@@H](COOC(c3ccccc3)(c3ccccc3)c3ccccc3)O2)c(=O)[nH]c1=O. The Hall–Kier alpha value is -3.82. The van der Waals surface area contributed by atoms with Gasteiger partial charge in [-0.1, -0.05) is 91.0 Å². The first kappa shape index (κ1) is 24.9. The lowest BCUT2D eigenvalue weighted by atomic mass is 9.80. The topological polar surface area (TPSA) is 103 Å². The van der Waals surface area contributed by atoms with Crippen LogP contribution in [0.2, 0.25) is 0 Å². The number of H-pyrrole nitrogens is 1. The molecule has 1 fully saturated rings. The number of aliphatic hydroxyl groups is 1. The molecule has 1 aliphatic rings. The quantitative estimate of drug-likeness (QED) is 0.218. The molecule has 0 aliphatic carbocycles. The second kappa shape index (κ2) is 10.7. The van der Waals surface area contributed by atoms with Crippen LogP contribution in [-0.4, -0.2) is 33.5 Å². The highest BCUT2D eigenvalue weighted by molar-refractivity contribution is 5.47. The Balaban J connectivity index is 1.42. The Kier molecular flexibility index (Phi) is 7.16. The lowest BCUT2D eigenvalue weighted by Gasteiger charge is -2.34. The fourth-order valence-electron chi connectivity index (χ4n) is 4.69. The first-order chi connectivity index (χ1) is 18.0. The highest BCUT2D eigenvalue weighted by atomic mass is 17.2. The highest BCUT2D eigenvalue weighted by Gasteiger charge is 2.41. The van der Waals surface area contributed by atoms with Crippen molar-refractivity contribution in [1.29, 1.82) is 0 Å². The first-order valence-electron chi connectivity index (χ1n) is 12.1. The van der Waals surface area contributed by atoms with Gasteiger partial charge in [-0.3, -0.25) is 14.3 Å². The van der Waals surface area contributed by atoms with E-state index in [9.17, 15) is 14.7 Å². The molecule has 0 amide bonds. The van der Waals surface area contributed by atoms with Crippen LogP contribution in [0, 0.1) is 6.92 Å². The van der Waals surface area contributed by atoms with E-state index >= 15 is 0 Å². The number of aromatic nitrogens is 2. The van der Waals surface area contributed by atoms with Crippen molar-refractivity contribution in [3.05, 3.63) is 140 Å². The molecule has 0 spiro atoms. The van der Waals surface area contributed by atoms with E-state index in [0.717, 1.165) is 16.7 Å². The predicted octanol–water partition coefficient (Wildman–Crippen LogP) is 3.43. The van der Waals surface area contributed by atoms with Crippen molar-refractivity contribution in [3.8, 4) is 0 Å². The van der Waals surface area contributed by atoms with Crippen molar-refractivity contribution in [3.63, 3.8) is 0 Å². The van der Waals surface area contributed by atoms with Gasteiger partial charge < -0.3 is 9.84 Å². The van der Waals surface area contributed by atoms with Gasteiger partial charge in [-0.2, -0.15) is 0 Å². The molecular formula is C29H28N2O6. The van der Waals surface area contributed by atoms with Crippen LogP contribution in [0.25, 0.3) is 0 Å². The molecule has 3 atom stereocenters. The van der Waals surface area contributed by atoms with E-state index < -0.39 is 35.3 Å². The van der Waals surface area contributed by atoms with Crippen molar-refractivity contribution < 1.29 is 19.6 Å². The molecule has 190 valence electrons. The minimum Gasteiger partial charge on any atom is -0.390 e. The Morgan fingerprint density at radius 3 is 1.95 bits per heavy atom. The van der Waals surface area contributed by atoms with Gasteiger partial charge in [0.05, 0.1) is 6.10 Å². The molecule has 3 aromatic carbocycles. The van der Waals surface area contributed by atoms with Crippen LogP contribution in [0.3, 0.4) is 0 Å². The molecule has 2 heterocycles. The van der Waals surface area contributed by atoms with E-state index in [2.05, 4.69) is 4.98 Å². The number of nitrogens with zero attached hydrogens (tertiary/aromatic N) is 1. The molecule has 0 radical (unpaired) electrons. The maximum atomic E-state index is 12.3. The second-order valence-corrected chi connectivity index (χ2v) is 9.06. The van der Waals surface area contributed by atoms with Gasteiger partial charge in [-0.25, -0.2) is 14.6 Å². The molecule has 1 aromatic heterocycles. The number of hydrogen-bond acceptors (Lipinski definition) is 6. The zero-order chi connectivity index (χ0) is 25.8. The minimum atomic E-state index is -1.08. The Labute approximate surface area is 213 Å². The largest absolute Gasteiger partial charge is 0.390 e. The zero-order valence-corrected chi connectivity index (χ0v) is 20.3. The van der Waals surface area contributed by atoms with Gasteiger partial charge in [0.25, 0.3) is 5.56 Å². The van der Waals surface area contributed by atoms with Crippen LogP contribution in [0.15, 0.2) is 107 Å². The van der Waals surface area contributed by atoms with E-state index in [0.29, 0.717) is 5.56 Å². The lowest BCUT2D eigenvalue weighted by Crippen LogP contribution is -2.35. The molecule has 37 heavy (non-hydrogen) atoms. The van der Waals surface area contributed by atoms with E-state index in [1.165, 1.54) is 10.8 Å². The Bertz CT molecular complexity index is 1340. The van der Waals surface area contributed by atoms with Crippen LogP contribution in [0.1, 0.15) is 34.9 Å². The van der Waals surface area contributed by atoms with Gasteiger partial charge in [0.1, 0.15) is 18.9 Å². The summed E-state index contributed by atoms with van der Waals surface area (Å²) in [6.07, 6.45) is -0.783. The van der Waals surface area contributed by atoms with Crippen LogP contribution < -0.4 is 11.2 Å². The average Bonchev–Trinajstić information content (AvgIpc) is 3.30. The summed E-state index contributed by atoms with van der Waals surface area (Å²) in [5.41, 5.74) is 0.850. The summed E-state index contributed by atoms with van der Waals surface area (Å²) < 4.78 is 7.23. The summed E-state index contributed by atoms with van der Waals surface area (Å²) in [6, 6.07) is 29.3. The summed E-state index contributed by atoms with van der Waals surface area (Å²) >= 11 is 0. The third-order valence-corrected chi connectivity index (χ3v) is 6.62. The molecule has 2 N–H and O–H groups in total. The smallest absolute Gasteiger partial charge is 0.330 e. The maximum absolute atomic E-state index is 12.3. The van der Waals surface area contributed by atoms with Crippen molar-refractivity contribution in [2.75, 3.05) is 6.61 Å². The Morgan fingerprint density at radius 2 is 1.43 bits per heavy atom. The lowest BCUT2D eigenvalue weighted by molar-refractivity contribution is -0.355. The number of aromatic amines is 1. The molecule has 1 saturated heterocycles. The summed E-state index contributed by atoms with van der Waals surface area (Å²) in [7, 11) is 0. The van der Waals surface area contributed by atoms with Crippen molar-refractivity contribution in [2.45, 2.75) is 37.4 Å². The van der Waals surface area contributed by atoms with Crippen molar-refractivity contribution in [2.24, 2.45) is 0 Å². The number of benzene rings is 3. The van der Waals surface area contributed by atoms with Crippen LogP contribution in [0.5, 0.6) is 0 Å². The number of aliphatic hydroxyl groups excluding tert-OH is 1. The zero-order valence-electron chi connectivity index (χ0n) is 20.3. The monoisotopic (exact) mass is 500 g/mol. The van der Waals surface area contributed by atoms with Gasteiger partial charge in [-0.05, 0) is 23.6 Å². The van der Waals surface area contributed by atoms with Gasteiger partial charge in [0, 0.05) is 18.2 Å². The normalized spacial score (nSPS) is 19.7. The minimum absolute atomic E-state index is 0.0804. The molecule has 0 saturated carbocycles. The molecule has 8 heteroatoms. The highest BCUT2D eigenvalue weighted by Crippen LogP contribution is 2.41. The van der Waals surface area contributed by atoms with Crippen LogP contribution in [0.4, 0.5) is 0 Å². The van der Waals surface area contributed by atoms with E-state index in [1.807, 2.05) is 91.0 Å². The van der Waals surface area contributed by atoms with Crippen molar-refractivity contribution >= 4 is 0 Å². The van der Waals surface area contributed by atoms with Crippen LogP contribution >= 0.6 is 0 Å². The van der Waals surface area contributed by atoms with Crippen LogP contribution in [-0.2, 0) is 20.1 Å². The molecule has 5 rings (SSSR count). The molecular weight excluding hydrogens is 472 g/mol. The summed E-state index contributed by atoms with van der Waals surface area (Å²) in [6.45, 7) is 1.52. The van der Waals surface area contributed by atoms with E-state index in [-0.39, 0.29) is 13.0 Å². The maximum Gasteiger partial charge on any atom is 0.330 e.